The van der Waals surface area contributed by atoms with Crippen molar-refractivity contribution in [3.8, 4) is 5.69 Å². The summed E-state index contributed by atoms with van der Waals surface area (Å²) in [4.78, 5) is 18.1. The predicted molar refractivity (Wildman–Crippen MR) is 127 cm³/mol. The first-order valence-corrected chi connectivity index (χ1v) is 11.3. The highest BCUT2D eigenvalue weighted by molar-refractivity contribution is 14.1. The lowest BCUT2D eigenvalue weighted by Gasteiger charge is -2.16. The van der Waals surface area contributed by atoms with Crippen LogP contribution in [0.15, 0.2) is 36.4 Å². The molecule has 1 saturated carbocycles. The molecular formula is C22H21ClFIN4O2. The summed E-state index contributed by atoms with van der Waals surface area (Å²) < 4.78 is 17.5. The molecule has 9 heteroatoms. The van der Waals surface area contributed by atoms with E-state index in [9.17, 15) is 4.79 Å². The first-order valence-electron chi connectivity index (χ1n) is 9.83. The molecular weight excluding hydrogens is 534 g/mol. The van der Waals surface area contributed by atoms with Crippen molar-refractivity contribution in [2.75, 3.05) is 11.9 Å². The average Bonchev–Trinajstić information content (AvgIpc) is 3.47. The van der Waals surface area contributed by atoms with Crippen molar-refractivity contribution in [2.45, 2.75) is 26.7 Å². The quantitative estimate of drug-likeness (QED) is 0.290. The van der Waals surface area contributed by atoms with Crippen LogP contribution in [-0.4, -0.2) is 22.3 Å². The van der Waals surface area contributed by atoms with Gasteiger partial charge in [0.2, 0.25) is 0 Å². The lowest BCUT2D eigenvalue weighted by Crippen LogP contribution is -2.26. The number of aryl methyl sites for hydroxylation is 2. The smallest absolute Gasteiger partial charge is 0.277 e. The SMILES string of the molecule is Cc1cc(C)n(-c2cc(Nc3ccc(I)cc3Cl)c(C(=O)NOCC3CC3)cc2F)n1. The number of amides is 1. The number of hydrogen-bond donors (Lipinski definition) is 2. The van der Waals surface area contributed by atoms with Crippen LogP contribution in [0.25, 0.3) is 5.69 Å². The molecule has 4 rings (SSSR count). The molecule has 0 bridgehead atoms. The number of carbonyl (C=O) groups is 1. The van der Waals surface area contributed by atoms with Crippen LogP contribution in [0.1, 0.15) is 34.6 Å². The van der Waals surface area contributed by atoms with Gasteiger partial charge in [0.05, 0.1) is 34.3 Å². The van der Waals surface area contributed by atoms with Gasteiger partial charge in [-0.2, -0.15) is 5.10 Å². The Hall–Kier alpha value is -2.17. The van der Waals surface area contributed by atoms with Crippen molar-refractivity contribution < 1.29 is 14.0 Å². The van der Waals surface area contributed by atoms with Gasteiger partial charge in [0, 0.05) is 9.26 Å². The fraction of sp³-hybridized carbons (Fsp3) is 0.273. The molecule has 0 spiro atoms. The molecule has 0 atom stereocenters. The van der Waals surface area contributed by atoms with Gasteiger partial charge in [0.25, 0.3) is 5.91 Å². The highest BCUT2D eigenvalue weighted by Gasteiger charge is 2.23. The molecule has 1 aromatic heterocycles. The van der Waals surface area contributed by atoms with E-state index >= 15 is 4.39 Å². The number of rotatable bonds is 7. The number of hydrogen-bond acceptors (Lipinski definition) is 4. The topological polar surface area (TPSA) is 68.2 Å². The lowest BCUT2D eigenvalue weighted by atomic mass is 10.1. The maximum atomic E-state index is 15.1. The molecule has 162 valence electrons. The van der Waals surface area contributed by atoms with Gasteiger partial charge in [-0.25, -0.2) is 14.6 Å². The first kappa shape index (κ1) is 22.0. The average molecular weight is 555 g/mol. The maximum absolute atomic E-state index is 15.1. The second kappa shape index (κ2) is 9.13. The molecule has 1 aliphatic carbocycles. The molecule has 6 nitrogen and oxygen atoms in total. The minimum Gasteiger partial charge on any atom is -0.354 e. The third kappa shape index (κ3) is 5.19. The van der Waals surface area contributed by atoms with Crippen molar-refractivity contribution in [3.63, 3.8) is 0 Å². The van der Waals surface area contributed by atoms with Gasteiger partial charge in [-0.15, -0.1) is 0 Å². The Kier molecular flexibility index (Phi) is 6.49. The van der Waals surface area contributed by atoms with Gasteiger partial charge in [-0.1, -0.05) is 11.6 Å². The van der Waals surface area contributed by atoms with Gasteiger partial charge in [-0.3, -0.25) is 9.63 Å². The summed E-state index contributed by atoms with van der Waals surface area (Å²) in [6.45, 7) is 4.13. The maximum Gasteiger partial charge on any atom is 0.277 e. The lowest BCUT2D eigenvalue weighted by molar-refractivity contribution is 0.0270. The Morgan fingerprint density at radius 2 is 2.03 bits per heavy atom. The molecule has 3 aromatic rings. The van der Waals surface area contributed by atoms with Gasteiger partial charge >= 0.3 is 0 Å². The van der Waals surface area contributed by atoms with E-state index in [0.717, 1.165) is 27.8 Å². The third-order valence-electron chi connectivity index (χ3n) is 4.95. The molecule has 0 aliphatic heterocycles. The minimum atomic E-state index is -0.571. The molecule has 1 fully saturated rings. The van der Waals surface area contributed by atoms with Crippen molar-refractivity contribution in [1.29, 1.82) is 0 Å². The zero-order valence-corrected chi connectivity index (χ0v) is 19.9. The van der Waals surface area contributed by atoms with Crippen LogP contribution in [0.3, 0.4) is 0 Å². The molecule has 1 heterocycles. The van der Waals surface area contributed by atoms with Gasteiger partial charge in [0.1, 0.15) is 11.5 Å². The van der Waals surface area contributed by atoms with E-state index in [-0.39, 0.29) is 11.3 Å². The number of benzene rings is 2. The summed E-state index contributed by atoms with van der Waals surface area (Å²) in [6, 6.07) is 10.1. The largest absolute Gasteiger partial charge is 0.354 e. The number of nitrogens with one attached hydrogen (secondary N) is 2. The number of halogens is 3. The van der Waals surface area contributed by atoms with Crippen LogP contribution in [0.2, 0.25) is 5.02 Å². The van der Waals surface area contributed by atoms with E-state index in [1.807, 2.05) is 32.0 Å². The van der Waals surface area contributed by atoms with Crippen molar-refractivity contribution >= 4 is 51.5 Å². The number of hydroxylamine groups is 1. The Balaban J connectivity index is 1.72. The Labute approximate surface area is 198 Å². The van der Waals surface area contributed by atoms with Crippen LogP contribution in [0.4, 0.5) is 15.8 Å². The standard InChI is InChI=1S/C22H21ClFIN4O2/c1-12-7-13(2)29(27-12)21-10-20(26-19-6-5-15(25)8-17(19)23)16(9-18(21)24)22(30)28-31-11-14-3-4-14/h5-10,14,26H,3-4,11H2,1-2H3,(H,28,30). The Morgan fingerprint density at radius 3 is 2.68 bits per heavy atom. The van der Waals surface area contributed by atoms with Crippen LogP contribution in [0.5, 0.6) is 0 Å². The molecule has 2 aromatic carbocycles. The van der Waals surface area contributed by atoms with E-state index < -0.39 is 11.7 Å². The summed E-state index contributed by atoms with van der Waals surface area (Å²) in [5, 5.41) is 8.02. The van der Waals surface area contributed by atoms with Crippen LogP contribution in [-0.2, 0) is 4.84 Å². The van der Waals surface area contributed by atoms with E-state index in [4.69, 9.17) is 16.4 Å². The van der Waals surface area contributed by atoms with E-state index in [0.29, 0.717) is 28.9 Å². The summed E-state index contributed by atoms with van der Waals surface area (Å²) in [5.41, 5.74) is 5.28. The Morgan fingerprint density at radius 1 is 1.26 bits per heavy atom. The summed E-state index contributed by atoms with van der Waals surface area (Å²) in [6.07, 6.45) is 2.19. The van der Waals surface area contributed by atoms with Crippen LogP contribution < -0.4 is 10.8 Å². The zero-order valence-electron chi connectivity index (χ0n) is 17.0. The van der Waals surface area contributed by atoms with Crippen molar-refractivity contribution in [2.24, 2.45) is 5.92 Å². The number of nitrogens with zero attached hydrogens (tertiary/aromatic N) is 2. The molecule has 1 aliphatic rings. The van der Waals surface area contributed by atoms with E-state index in [2.05, 4.69) is 38.5 Å². The van der Waals surface area contributed by atoms with Gasteiger partial charge < -0.3 is 5.32 Å². The molecule has 1 amide bonds. The molecule has 2 N–H and O–H groups in total. The minimum absolute atomic E-state index is 0.105. The molecule has 31 heavy (non-hydrogen) atoms. The second-order valence-corrected chi connectivity index (χ2v) is 9.28. The van der Waals surface area contributed by atoms with Crippen LogP contribution >= 0.6 is 34.2 Å². The van der Waals surface area contributed by atoms with Gasteiger partial charge in [-0.05, 0) is 91.6 Å². The highest BCUT2D eigenvalue weighted by atomic mass is 127. The van der Waals surface area contributed by atoms with Crippen molar-refractivity contribution in [1.82, 2.24) is 15.3 Å². The normalized spacial score (nSPS) is 13.3. The molecule has 0 unspecified atom stereocenters. The predicted octanol–water partition coefficient (Wildman–Crippen LogP) is 5.70. The van der Waals surface area contributed by atoms with E-state index in [1.54, 1.807) is 12.1 Å². The summed E-state index contributed by atoms with van der Waals surface area (Å²) in [5.74, 6) is -0.630. The third-order valence-corrected chi connectivity index (χ3v) is 5.93. The summed E-state index contributed by atoms with van der Waals surface area (Å²) in [7, 11) is 0. The first-order chi connectivity index (χ1) is 14.8. The van der Waals surface area contributed by atoms with Crippen molar-refractivity contribution in [3.05, 3.63) is 67.8 Å². The fourth-order valence-corrected chi connectivity index (χ4v) is 4.09. The molecule has 0 radical (unpaired) electrons. The Bertz CT molecular complexity index is 1150. The van der Waals surface area contributed by atoms with E-state index in [1.165, 1.54) is 10.7 Å². The number of aromatic nitrogens is 2. The highest BCUT2D eigenvalue weighted by Crippen LogP contribution is 2.32. The zero-order chi connectivity index (χ0) is 22.1. The number of carbonyl (C=O) groups excluding carboxylic acids is 1. The summed E-state index contributed by atoms with van der Waals surface area (Å²) >= 11 is 8.53. The monoisotopic (exact) mass is 554 g/mol. The second-order valence-electron chi connectivity index (χ2n) is 7.62. The van der Waals surface area contributed by atoms with Gasteiger partial charge in [0.15, 0.2) is 0 Å². The molecule has 0 saturated heterocycles. The number of anilines is 2. The van der Waals surface area contributed by atoms with Crippen LogP contribution in [0, 0.1) is 29.2 Å². The fourth-order valence-electron chi connectivity index (χ4n) is 3.19.